The number of aliphatic hydroxyl groups excluding tert-OH is 1. The van der Waals surface area contributed by atoms with Crippen molar-refractivity contribution in [2.24, 2.45) is 5.41 Å². The van der Waals surface area contributed by atoms with E-state index in [1.54, 1.807) is 19.1 Å². The highest BCUT2D eigenvalue weighted by Gasteiger charge is 2.50. The van der Waals surface area contributed by atoms with Crippen LogP contribution < -0.4 is 0 Å². The lowest BCUT2D eigenvalue weighted by Crippen LogP contribution is -2.20. The summed E-state index contributed by atoms with van der Waals surface area (Å²) in [7, 11) is 0. The summed E-state index contributed by atoms with van der Waals surface area (Å²) in [5.41, 5.74) is 0.177. The predicted octanol–water partition coefficient (Wildman–Crippen LogP) is 5.19. The van der Waals surface area contributed by atoms with Crippen LogP contribution in [0.25, 0.3) is 0 Å². The van der Waals surface area contributed by atoms with Crippen LogP contribution in [0.4, 0.5) is 4.39 Å². The molecule has 0 heterocycles. The van der Waals surface area contributed by atoms with Crippen molar-refractivity contribution in [1.29, 1.82) is 0 Å². The molecule has 0 saturated heterocycles. The van der Waals surface area contributed by atoms with E-state index < -0.39 is 11.9 Å². The van der Waals surface area contributed by atoms with Crippen LogP contribution in [0.1, 0.15) is 54.4 Å². The molecule has 0 amide bonds. The molecule has 18 heavy (non-hydrogen) atoms. The molecule has 1 aliphatic carbocycles. The van der Waals surface area contributed by atoms with E-state index in [2.05, 4.69) is 6.58 Å². The number of allylic oxidation sites excluding steroid dienone is 4. The number of hydrogen-bond donors (Lipinski definition) is 1. The van der Waals surface area contributed by atoms with E-state index in [1.165, 1.54) is 0 Å². The van der Waals surface area contributed by atoms with Crippen molar-refractivity contribution in [1.82, 2.24) is 0 Å². The molecule has 0 aromatic carbocycles. The molecule has 0 radical (unpaired) electrons. The predicted molar refractivity (Wildman–Crippen MR) is 79.2 cm³/mol. The molecule has 1 fully saturated rings. The molecule has 106 valence electrons. The highest BCUT2D eigenvalue weighted by molar-refractivity contribution is 5.38. The molecule has 1 atom stereocenters. The highest BCUT2D eigenvalue weighted by atomic mass is 19.1. The smallest absolute Gasteiger partial charge is 0.119 e. The summed E-state index contributed by atoms with van der Waals surface area (Å²) in [6.45, 7) is 14.9. The SMILES string of the molecule is C=C(F)/C(=C\C=C/C)C1([C@@H](C)O)CC1.CC.CC. The molecule has 0 aromatic heterocycles. The molecule has 0 bridgehead atoms. The Morgan fingerprint density at radius 1 is 1.28 bits per heavy atom. The zero-order valence-corrected chi connectivity index (χ0v) is 12.8. The first-order valence-corrected chi connectivity index (χ1v) is 6.91. The van der Waals surface area contributed by atoms with E-state index in [0.29, 0.717) is 5.57 Å². The Kier molecular flexibility index (Phi) is 10.9. The van der Waals surface area contributed by atoms with Gasteiger partial charge in [0.05, 0.1) is 6.10 Å². The molecule has 2 heteroatoms. The average Bonchev–Trinajstić information content (AvgIpc) is 3.16. The van der Waals surface area contributed by atoms with E-state index >= 15 is 0 Å². The molecule has 0 aromatic rings. The molecule has 1 saturated carbocycles. The van der Waals surface area contributed by atoms with Gasteiger partial charge in [-0.05, 0) is 32.3 Å². The van der Waals surface area contributed by atoms with Crippen molar-refractivity contribution in [3.8, 4) is 0 Å². The average molecular weight is 256 g/mol. The Hall–Kier alpha value is -0.890. The fraction of sp³-hybridized carbons (Fsp3) is 0.625. The second-order valence-corrected chi connectivity index (χ2v) is 3.84. The fourth-order valence-electron chi connectivity index (χ4n) is 1.77. The molecule has 0 spiro atoms. The summed E-state index contributed by atoms with van der Waals surface area (Å²) >= 11 is 0. The van der Waals surface area contributed by atoms with Crippen molar-refractivity contribution in [2.75, 3.05) is 0 Å². The van der Waals surface area contributed by atoms with Gasteiger partial charge in [0.2, 0.25) is 0 Å². The third-order valence-electron chi connectivity index (χ3n) is 2.87. The zero-order valence-electron chi connectivity index (χ0n) is 12.8. The topological polar surface area (TPSA) is 20.2 Å². The molecule has 1 nitrogen and oxygen atoms in total. The summed E-state index contributed by atoms with van der Waals surface area (Å²) in [4.78, 5) is 0. The molecule has 0 aliphatic heterocycles. The van der Waals surface area contributed by atoms with Crippen molar-refractivity contribution in [2.45, 2.75) is 60.5 Å². The third kappa shape index (κ3) is 5.18. The second-order valence-electron chi connectivity index (χ2n) is 3.84. The second kappa shape index (κ2) is 10.1. The quantitative estimate of drug-likeness (QED) is 0.687. The van der Waals surface area contributed by atoms with Gasteiger partial charge in [-0.15, -0.1) is 0 Å². The van der Waals surface area contributed by atoms with Crippen molar-refractivity contribution in [3.63, 3.8) is 0 Å². The molecule has 0 unspecified atom stereocenters. The zero-order chi connectivity index (χ0) is 14.8. The van der Waals surface area contributed by atoms with E-state index in [0.717, 1.165) is 12.8 Å². The third-order valence-corrected chi connectivity index (χ3v) is 2.87. The van der Waals surface area contributed by atoms with E-state index in [4.69, 9.17) is 0 Å². The van der Waals surface area contributed by atoms with Crippen LogP contribution >= 0.6 is 0 Å². The summed E-state index contributed by atoms with van der Waals surface area (Å²) in [5.74, 6) is -0.429. The van der Waals surface area contributed by atoms with Gasteiger partial charge >= 0.3 is 0 Å². The van der Waals surface area contributed by atoms with E-state index in [-0.39, 0.29) is 5.41 Å². The Morgan fingerprint density at radius 2 is 1.72 bits per heavy atom. The fourth-order valence-corrected chi connectivity index (χ4v) is 1.77. The minimum Gasteiger partial charge on any atom is -0.392 e. The Labute approximate surface area is 112 Å². The minimum absolute atomic E-state index is 0.370. The summed E-state index contributed by atoms with van der Waals surface area (Å²) in [5, 5.41) is 9.59. The van der Waals surface area contributed by atoms with Gasteiger partial charge in [-0.3, -0.25) is 0 Å². The van der Waals surface area contributed by atoms with Gasteiger partial charge in [-0.25, -0.2) is 4.39 Å². The van der Waals surface area contributed by atoms with E-state index in [1.807, 2.05) is 40.7 Å². The molecule has 1 aliphatic rings. The lowest BCUT2D eigenvalue weighted by atomic mass is 9.89. The first-order valence-electron chi connectivity index (χ1n) is 6.91. The highest BCUT2D eigenvalue weighted by Crippen LogP contribution is 2.56. The maximum Gasteiger partial charge on any atom is 0.119 e. The number of halogens is 1. The Morgan fingerprint density at radius 3 is 1.94 bits per heavy atom. The monoisotopic (exact) mass is 256 g/mol. The lowest BCUT2D eigenvalue weighted by Gasteiger charge is -2.20. The van der Waals surface area contributed by atoms with Gasteiger partial charge in [-0.1, -0.05) is 52.5 Å². The number of aliphatic hydroxyl groups is 1. The summed E-state index contributed by atoms with van der Waals surface area (Å²) in [6, 6.07) is 0. The number of hydrogen-bond acceptors (Lipinski definition) is 1. The standard InChI is InChI=1S/C12H17FO.2C2H6/c1-4-5-6-11(9(2)13)12(7-8-12)10(3)14;2*1-2/h4-6,10,14H,2,7-8H2,1,3H3;2*1-2H3/b5-4-,11-6+;;/t10-;;/m1../s1. The Bertz CT molecular complexity index is 283. The first kappa shape index (κ1) is 19.4. The van der Waals surface area contributed by atoms with Gasteiger partial charge in [0, 0.05) is 5.41 Å². The van der Waals surface area contributed by atoms with Gasteiger partial charge in [-0.2, -0.15) is 0 Å². The number of rotatable bonds is 4. The maximum absolute atomic E-state index is 13.2. The maximum atomic E-state index is 13.2. The van der Waals surface area contributed by atoms with Crippen molar-refractivity contribution < 1.29 is 9.50 Å². The normalized spacial score (nSPS) is 18.1. The lowest BCUT2D eigenvalue weighted by molar-refractivity contribution is 0.130. The van der Waals surface area contributed by atoms with Crippen LogP contribution in [0, 0.1) is 5.41 Å². The van der Waals surface area contributed by atoms with Crippen LogP contribution in [0.5, 0.6) is 0 Å². The summed E-state index contributed by atoms with van der Waals surface area (Å²) in [6.07, 6.45) is 6.51. The van der Waals surface area contributed by atoms with Gasteiger partial charge in [0.1, 0.15) is 5.83 Å². The van der Waals surface area contributed by atoms with Gasteiger partial charge in [0.25, 0.3) is 0 Å². The van der Waals surface area contributed by atoms with Crippen LogP contribution in [0.15, 0.2) is 36.2 Å². The van der Waals surface area contributed by atoms with Crippen LogP contribution in [0.2, 0.25) is 0 Å². The largest absolute Gasteiger partial charge is 0.392 e. The van der Waals surface area contributed by atoms with Gasteiger partial charge in [0.15, 0.2) is 0 Å². The first-order chi connectivity index (χ1) is 8.54. The summed E-state index contributed by atoms with van der Waals surface area (Å²) < 4.78 is 13.2. The molecular formula is C16H29FO. The van der Waals surface area contributed by atoms with Crippen LogP contribution in [-0.2, 0) is 0 Å². The Balaban J connectivity index is 0. The van der Waals surface area contributed by atoms with Crippen molar-refractivity contribution in [3.05, 3.63) is 36.2 Å². The molecular weight excluding hydrogens is 227 g/mol. The molecule has 1 rings (SSSR count). The van der Waals surface area contributed by atoms with Crippen LogP contribution in [-0.4, -0.2) is 11.2 Å². The van der Waals surface area contributed by atoms with E-state index in [9.17, 15) is 9.50 Å². The minimum atomic E-state index is -0.508. The van der Waals surface area contributed by atoms with Crippen molar-refractivity contribution >= 4 is 0 Å². The molecule has 1 N–H and O–H groups in total. The van der Waals surface area contributed by atoms with Gasteiger partial charge < -0.3 is 5.11 Å². The van der Waals surface area contributed by atoms with Crippen LogP contribution in [0.3, 0.4) is 0 Å².